The van der Waals surface area contributed by atoms with E-state index in [1.165, 1.54) is 0 Å². The SMILES string of the molecule is C=C/C(C)=N\C=C(/C)C(=C)N(C)C. The Labute approximate surface area is 81.0 Å². The molecule has 0 amide bonds. The fourth-order valence-corrected chi connectivity index (χ4v) is 0.679. The second-order valence-corrected chi connectivity index (χ2v) is 3.13. The first kappa shape index (κ1) is 11.7. The maximum Gasteiger partial charge on any atom is 0.0366 e. The Kier molecular flexibility index (Phi) is 4.82. The first-order valence-corrected chi connectivity index (χ1v) is 4.19. The van der Waals surface area contributed by atoms with Crippen molar-refractivity contribution in [1.82, 2.24) is 4.90 Å². The first-order chi connectivity index (χ1) is 5.99. The Bertz CT molecular complexity index is 257. The van der Waals surface area contributed by atoms with Crippen LogP contribution in [0.15, 0.2) is 41.7 Å². The maximum atomic E-state index is 4.20. The van der Waals surface area contributed by atoms with Crippen LogP contribution in [0.1, 0.15) is 13.8 Å². The first-order valence-electron chi connectivity index (χ1n) is 4.19. The molecule has 0 aliphatic rings. The van der Waals surface area contributed by atoms with Crippen LogP contribution >= 0.6 is 0 Å². The molecule has 0 radical (unpaired) electrons. The van der Waals surface area contributed by atoms with Gasteiger partial charge < -0.3 is 4.90 Å². The molecule has 0 aliphatic heterocycles. The van der Waals surface area contributed by atoms with E-state index in [0.29, 0.717) is 0 Å². The molecule has 2 heteroatoms. The van der Waals surface area contributed by atoms with Crippen LogP contribution in [0, 0.1) is 0 Å². The minimum atomic E-state index is 0.908. The molecule has 0 atom stereocenters. The van der Waals surface area contributed by atoms with Crippen LogP contribution in [0.2, 0.25) is 0 Å². The largest absolute Gasteiger partial charge is 0.378 e. The minimum Gasteiger partial charge on any atom is -0.378 e. The average Bonchev–Trinajstić information content (AvgIpc) is 2.11. The highest BCUT2D eigenvalue weighted by atomic mass is 15.1. The average molecular weight is 178 g/mol. The highest BCUT2D eigenvalue weighted by molar-refractivity contribution is 5.92. The molecule has 0 saturated carbocycles. The molecule has 13 heavy (non-hydrogen) atoms. The van der Waals surface area contributed by atoms with E-state index in [1.54, 1.807) is 12.3 Å². The van der Waals surface area contributed by atoms with E-state index < -0.39 is 0 Å². The van der Waals surface area contributed by atoms with Crippen LogP contribution in [0.5, 0.6) is 0 Å². The fourth-order valence-electron chi connectivity index (χ4n) is 0.679. The highest BCUT2D eigenvalue weighted by Crippen LogP contribution is 2.08. The summed E-state index contributed by atoms with van der Waals surface area (Å²) in [7, 11) is 3.92. The van der Waals surface area contributed by atoms with E-state index in [2.05, 4.69) is 18.2 Å². The van der Waals surface area contributed by atoms with Crippen molar-refractivity contribution in [1.29, 1.82) is 0 Å². The zero-order chi connectivity index (χ0) is 10.4. The Morgan fingerprint density at radius 3 is 2.23 bits per heavy atom. The van der Waals surface area contributed by atoms with Gasteiger partial charge in [-0.25, -0.2) is 0 Å². The summed E-state index contributed by atoms with van der Waals surface area (Å²) in [5.74, 6) is 0. The normalized spacial score (nSPS) is 12.6. The van der Waals surface area contributed by atoms with Gasteiger partial charge in [0.2, 0.25) is 0 Å². The quantitative estimate of drug-likeness (QED) is 0.477. The monoisotopic (exact) mass is 178 g/mol. The summed E-state index contributed by atoms with van der Waals surface area (Å²) in [5.41, 5.74) is 2.94. The lowest BCUT2D eigenvalue weighted by molar-refractivity contribution is 0.524. The number of nitrogens with zero attached hydrogens (tertiary/aromatic N) is 2. The number of rotatable bonds is 4. The molecule has 0 spiro atoms. The lowest BCUT2D eigenvalue weighted by Gasteiger charge is -2.15. The van der Waals surface area contributed by atoms with Crippen molar-refractivity contribution < 1.29 is 0 Å². The van der Waals surface area contributed by atoms with Gasteiger partial charge in [-0.3, -0.25) is 4.99 Å². The summed E-state index contributed by atoms with van der Waals surface area (Å²) in [6.07, 6.45) is 3.53. The number of aliphatic imine (C=N–C) groups is 1. The Morgan fingerprint density at radius 2 is 1.85 bits per heavy atom. The van der Waals surface area contributed by atoms with Gasteiger partial charge in [0.25, 0.3) is 0 Å². The van der Waals surface area contributed by atoms with Crippen molar-refractivity contribution in [3.8, 4) is 0 Å². The third-order valence-electron chi connectivity index (χ3n) is 1.75. The van der Waals surface area contributed by atoms with Crippen LogP contribution < -0.4 is 0 Å². The summed E-state index contributed by atoms with van der Waals surface area (Å²) in [5, 5.41) is 0. The molecule has 0 aromatic rings. The van der Waals surface area contributed by atoms with Gasteiger partial charge >= 0.3 is 0 Å². The van der Waals surface area contributed by atoms with Gasteiger partial charge in [0.1, 0.15) is 0 Å². The fraction of sp³-hybridized carbons (Fsp3) is 0.364. The third-order valence-corrected chi connectivity index (χ3v) is 1.75. The molecule has 0 bridgehead atoms. The van der Waals surface area contributed by atoms with Crippen LogP contribution in [0.3, 0.4) is 0 Å². The number of allylic oxidation sites excluding steroid dienone is 2. The molecular weight excluding hydrogens is 160 g/mol. The molecule has 0 aromatic carbocycles. The lowest BCUT2D eigenvalue weighted by Crippen LogP contribution is -2.10. The van der Waals surface area contributed by atoms with Crippen LogP contribution in [0.4, 0.5) is 0 Å². The molecule has 0 unspecified atom stereocenters. The van der Waals surface area contributed by atoms with Crippen molar-refractivity contribution in [3.63, 3.8) is 0 Å². The summed E-state index contributed by atoms with van der Waals surface area (Å²) in [6.45, 7) is 11.4. The summed E-state index contributed by atoms with van der Waals surface area (Å²) in [6, 6.07) is 0. The molecule has 0 N–H and O–H groups in total. The van der Waals surface area contributed by atoms with E-state index in [-0.39, 0.29) is 0 Å². The molecular formula is C11H18N2. The van der Waals surface area contributed by atoms with Crippen LogP contribution in [-0.4, -0.2) is 24.7 Å². The van der Waals surface area contributed by atoms with Gasteiger partial charge in [0.05, 0.1) is 0 Å². The van der Waals surface area contributed by atoms with Crippen molar-refractivity contribution in [2.24, 2.45) is 4.99 Å². The molecule has 0 fully saturated rings. The minimum absolute atomic E-state index is 0.908. The molecule has 0 saturated heterocycles. The smallest absolute Gasteiger partial charge is 0.0366 e. The summed E-state index contributed by atoms with van der Waals surface area (Å²) >= 11 is 0. The van der Waals surface area contributed by atoms with Gasteiger partial charge in [-0.15, -0.1) is 0 Å². The van der Waals surface area contributed by atoms with Gasteiger partial charge in [-0.1, -0.05) is 13.2 Å². The third kappa shape index (κ3) is 4.31. The Morgan fingerprint density at radius 1 is 1.31 bits per heavy atom. The summed E-state index contributed by atoms with van der Waals surface area (Å²) in [4.78, 5) is 6.16. The maximum absolute atomic E-state index is 4.20. The molecule has 0 heterocycles. The second kappa shape index (κ2) is 5.36. The van der Waals surface area contributed by atoms with E-state index >= 15 is 0 Å². The highest BCUT2D eigenvalue weighted by Gasteiger charge is 1.97. The predicted octanol–water partition coefficient (Wildman–Crippen LogP) is 2.61. The van der Waals surface area contributed by atoms with Crippen molar-refractivity contribution >= 4 is 5.71 Å². The number of hydrogen-bond donors (Lipinski definition) is 0. The van der Waals surface area contributed by atoms with Gasteiger partial charge in [0.15, 0.2) is 0 Å². The Hall–Kier alpha value is -1.31. The van der Waals surface area contributed by atoms with E-state index in [9.17, 15) is 0 Å². The predicted molar refractivity (Wildman–Crippen MR) is 59.9 cm³/mol. The molecule has 0 aliphatic carbocycles. The number of likely N-dealkylation sites (N-methyl/N-ethyl adjacent to an activating group) is 1. The lowest BCUT2D eigenvalue weighted by atomic mass is 10.2. The summed E-state index contributed by atoms with van der Waals surface area (Å²) < 4.78 is 0. The van der Waals surface area contributed by atoms with Gasteiger partial charge in [0, 0.05) is 31.7 Å². The van der Waals surface area contributed by atoms with E-state index in [4.69, 9.17) is 0 Å². The molecule has 2 nitrogen and oxygen atoms in total. The topological polar surface area (TPSA) is 15.6 Å². The molecule has 72 valence electrons. The van der Waals surface area contributed by atoms with E-state index in [0.717, 1.165) is 17.0 Å². The van der Waals surface area contributed by atoms with Gasteiger partial charge in [-0.05, 0) is 25.5 Å². The van der Waals surface area contributed by atoms with E-state index in [1.807, 2.05) is 32.8 Å². The van der Waals surface area contributed by atoms with Gasteiger partial charge in [-0.2, -0.15) is 0 Å². The molecule has 0 rings (SSSR count). The van der Waals surface area contributed by atoms with Crippen LogP contribution in [-0.2, 0) is 0 Å². The standard InChI is InChI=1S/C11H18N2/c1-7-10(3)12-8-9(2)11(4)13(5)6/h7-8H,1,4H2,2-3,5-6H3/b9-8+,12-10-. The van der Waals surface area contributed by atoms with Crippen LogP contribution in [0.25, 0.3) is 0 Å². The zero-order valence-corrected chi connectivity index (χ0v) is 8.96. The zero-order valence-electron chi connectivity index (χ0n) is 8.96. The second-order valence-electron chi connectivity index (χ2n) is 3.13. The van der Waals surface area contributed by atoms with Crippen molar-refractivity contribution in [2.75, 3.05) is 14.1 Å². The van der Waals surface area contributed by atoms with Crippen molar-refractivity contribution in [3.05, 3.63) is 36.7 Å². The Balaban J connectivity index is 4.51. The molecule has 0 aromatic heterocycles. The number of hydrogen-bond acceptors (Lipinski definition) is 2. The van der Waals surface area contributed by atoms with Crippen molar-refractivity contribution in [2.45, 2.75) is 13.8 Å².